The fourth-order valence-electron chi connectivity index (χ4n) is 6.20. The molecule has 1 heterocycles. The largest absolute Gasteiger partial charge is 0.490 e. The lowest BCUT2D eigenvalue weighted by Gasteiger charge is -2.45. The predicted octanol–water partition coefficient (Wildman–Crippen LogP) is 7.20. The molecule has 0 spiro atoms. The third kappa shape index (κ3) is 4.69. The normalized spacial score (nSPS) is 26.6. The smallest absolute Gasteiger partial charge is 0.120 e. The Hall–Kier alpha value is -1.54. The first kappa shape index (κ1) is 20.4. The number of ether oxygens (including phenoxy) is 1. The minimum atomic E-state index is 0.410. The number of likely N-dealkylation sites (tertiary alicyclic amines) is 1. The van der Waals surface area contributed by atoms with Gasteiger partial charge in [-0.15, -0.1) is 0 Å². The van der Waals surface area contributed by atoms with Gasteiger partial charge in [0.25, 0.3) is 0 Å². The molecule has 3 aliphatic rings. The summed E-state index contributed by atoms with van der Waals surface area (Å²) in [4.78, 5) is 2.64. The first-order valence-corrected chi connectivity index (χ1v) is 12.7. The van der Waals surface area contributed by atoms with Crippen molar-refractivity contribution < 1.29 is 4.74 Å². The van der Waals surface area contributed by atoms with Crippen molar-refractivity contribution in [2.24, 2.45) is 17.8 Å². The maximum atomic E-state index is 6.34. The Morgan fingerprint density at radius 1 is 0.800 bits per heavy atom. The van der Waals surface area contributed by atoms with E-state index in [9.17, 15) is 0 Å². The molecule has 2 aromatic rings. The molecule has 2 heteroatoms. The van der Waals surface area contributed by atoms with E-state index < -0.39 is 0 Å². The second-order valence-corrected chi connectivity index (χ2v) is 10.4. The zero-order valence-corrected chi connectivity index (χ0v) is 18.8. The summed E-state index contributed by atoms with van der Waals surface area (Å²) in [6.07, 6.45) is 14.2. The van der Waals surface area contributed by atoms with Crippen molar-refractivity contribution in [3.8, 4) is 5.75 Å². The summed E-state index contributed by atoms with van der Waals surface area (Å²) in [5.41, 5.74) is 1.45. The Kier molecular flexibility index (Phi) is 6.32. The van der Waals surface area contributed by atoms with Crippen LogP contribution in [0.25, 0.3) is 10.8 Å². The van der Waals surface area contributed by atoms with Gasteiger partial charge in [-0.1, -0.05) is 63.6 Å². The van der Waals surface area contributed by atoms with Crippen LogP contribution in [0.5, 0.6) is 5.75 Å². The van der Waals surface area contributed by atoms with E-state index in [-0.39, 0.29) is 0 Å². The van der Waals surface area contributed by atoms with Gasteiger partial charge in [-0.3, -0.25) is 4.90 Å². The lowest BCUT2D eigenvalue weighted by molar-refractivity contribution is 0.0366. The van der Waals surface area contributed by atoms with Crippen LogP contribution in [0, 0.1) is 17.8 Å². The van der Waals surface area contributed by atoms with Crippen molar-refractivity contribution in [1.82, 2.24) is 4.90 Å². The van der Waals surface area contributed by atoms with Crippen molar-refractivity contribution in [1.29, 1.82) is 0 Å². The second kappa shape index (κ2) is 9.30. The molecule has 162 valence electrons. The molecule has 0 atom stereocenters. The van der Waals surface area contributed by atoms with Crippen LogP contribution in [0.3, 0.4) is 0 Å². The zero-order chi connectivity index (χ0) is 20.3. The van der Waals surface area contributed by atoms with Gasteiger partial charge in [-0.05, 0) is 78.0 Å². The molecule has 1 aliphatic heterocycles. The molecule has 0 unspecified atom stereocenters. The van der Waals surface area contributed by atoms with Crippen LogP contribution < -0.4 is 4.74 Å². The minimum absolute atomic E-state index is 0.410. The van der Waals surface area contributed by atoms with Crippen LogP contribution in [0.15, 0.2) is 36.4 Å². The van der Waals surface area contributed by atoms with Gasteiger partial charge in [0.15, 0.2) is 0 Å². The van der Waals surface area contributed by atoms with Crippen LogP contribution in [0.2, 0.25) is 0 Å². The van der Waals surface area contributed by atoms with Crippen molar-refractivity contribution in [3.63, 3.8) is 0 Å². The third-order valence-electron chi connectivity index (χ3n) is 8.26. The van der Waals surface area contributed by atoms with Gasteiger partial charge in [-0.25, -0.2) is 0 Å². The van der Waals surface area contributed by atoms with Gasteiger partial charge in [0.1, 0.15) is 5.75 Å². The van der Waals surface area contributed by atoms with Crippen molar-refractivity contribution in [2.45, 2.75) is 83.8 Å². The molecule has 1 saturated heterocycles. The molecule has 2 aliphatic carbocycles. The van der Waals surface area contributed by atoms with E-state index in [0.717, 1.165) is 30.0 Å². The summed E-state index contributed by atoms with van der Waals surface area (Å²) in [5, 5.41) is 2.65. The molecule has 2 aromatic carbocycles. The van der Waals surface area contributed by atoms with E-state index in [1.54, 1.807) is 0 Å². The average Bonchev–Trinajstić information content (AvgIpc) is 2.77. The molecular weight excluding hydrogens is 366 g/mol. The molecule has 3 fully saturated rings. The van der Waals surface area contributed by atoms with Gasteiger partial charge in [0, 0.05) is 19.6 Å². The molecule has 2 nitrogen and oxygen atoms in total. The van der Waals surface area contributed by atoms with Crippen LogP contribution in [-0.4, -0.2) is 24.1 Å². The number of rotatable bonds is 6. The summed E-state index contributed by atoms with van der Waals surface area (Å²) < 4.78 is 6.34. The van der Waals surface area contributed by atoms with Gasteiger partial charge in [0.2, 0.25) is 0 Å². The van der Waals surface area contributed by atoms with E-state index in [0.29, 0.717) is 6.10 Å². The maximum absolute atomic E-state index is 6.34. The summed E-state index contributed by atoms with van der Waals surface area (Å²) in [6, 6.07) is 13.7. The number of nitrogens with zero attached hydrogens (tertiary/aromatic N) is 1. The van der Waals surface area contributed by atoms with E-state index in [4.69, 9.17) is 4.74 Å². The number of hydrogen-bond donors (Lipinski definition) is 0. The van der Waals surface area contributed by atoms with Crippen LogP contribution >= 0.6 is 0 Å². The van der Waals surface area contributed by atoms with Crippen LogP contribution in [0.4, 0.5) is 0 Å². The molecular formula is C28H39NO. The quantitative estimate of drug-likeness (QED) is 0.504. The number of hydrogen-bond acceptors (Lipinski definition) is 2. The Labute approximate surface area is 183 Å². The van der Waals surface area contributed by atoms with E-state index in [1.165, 1.54) is 93.6 Å². The monoisotopic (exact) mass is 405 g/mol. The standard InChI is InChI=1S/C28H39NO/c1-2-21-9-13-27(14-10-21)30-28-15-12-24-16-22(8-11-25(24)17-28)18-29-19-26(20-29)23-6-4-3-5-7-23/h8,11-12,15-17,21,23,26-27H,2-7,9-10,13-14,18-20H2,1H3. The summed E-state index contributed by atoms with van der Waals surface area (Å²) in [5.74, 6) is 3.96. The fourth-order valence-corrected chi connectivity index (χ4v) is 6.20. The molecule has 0 bridgehead atoms. The first-order valence-electron chi connectivity index (χ1n) is 12.7. The topological polar surface area (TPSA) is 12.5 Å². The molecule has 0 amide bonds. The van der Waals surface area contributed by atoms with E-state index in [1.807, 2.05) is 0 Å². The Morgan fingerprint density at radius 3 is 2.30 bits per heavy atom. The van der Waals surface area contributed by atoms with E-state index in [2.05, 4.69) is 48.2 Å². The first-order chi connectivity index (χ1) is 14.8. The molecule has 5 rings (SSSR count). The molecule has 0 radical (unpaired) electrons. The maximum Gasteiger partial charge on any atom is 0.120 e. The summed E-state index contributed by atoms with van der Waals surface area (Å²) >= 11 is 0. The highest BCUT2D eigenvalue weighted by molar-refractivity contribution is 5.84. The predicted molar refractivity (Wildman–Crippen MR) is 126 cm³/mol. The van der Waals surface area contributed by atoms with Crippen molar-refractivity contribution in [3.05, 3.63) is 42.0 Å². The molecule has 2 saturated carbocycles. The Bertz CT molecular complexity index is 826. The Balaban J connectivity index is 1.15. The van der Waals surface area contributed by atoms with Gasteiger partial charge >= 0.3 is 0 Å². The highest BCUT2D eigenvalue weighted by atomic mass is 16.5. The third-order valence-corrected chi connectivity index (χ3v) is 8.26. The van der Waals surface area contributed by atoms with E-state index >= 15 is 0 Å². The lowest BCUT2D eigenvalue weighted by atomic mass is 9.76. The van der Waals surface area contributed by atoms with Crippen molar-refractivity contribution >= 4 is 10.8 Å². The zero-order valence-electron chi connectivity index (χ0n) is 18.8. The highest BCUT2D eigenvalue weighted by Crippen LogP contribution is 2.36. The van der Waals surface area contributed by atoms with Crippen LogP contribution in [-0.2, 0) is 6.54 Å². The highest BCUT2D eigenvalue weighted by Gasteiger charge is 2.33. The molecule has 0 N–H and O–H groups in total. The number of benzene rings is 2. The number of fused-ring (bicyclic) bond motifs is 1. The Morgan fingerprint density at radius 2 is 1.53 bits per heavy atom. The fraction of sp³-hybridized carbons (Fsp3) is 0.643. The van der Waals surface area contributed by atoms with Gasteiger partial charge < -0.3 is 4.74 Å². The van der Waals surface area contributed by atoms with Gasteiger partial charge in [-0.2, -0.15) is 0 Å². The lowest BCUT2D eigenvalue weighted by Crippen LogP contribution is -2.49. The summed E-state index contributed by atoms with van der Waals surface area (Å²) in [6.45, 7) is 6.06. The molecule has 30 heavy (non-hydrogen) atoms. The molecule has 0 aromatic heterocycles. The minimum Gasteiger partial charge on any atom is -0.490 e. The van der Waals surface area contributed by atoms with Crippen LogP contribution in [0.1, 0.15) is 76.7 Å². The van der Waals surface area contributed by atoms with Crippen molar-refractivity contribution in [2.75, 3.05) is 13.1 Å². The SMILES string of the molecule is CCC1CCC(Oc2ccc3cc(CN4CC(C5CCCCC5)C4)ccc3c2)CC1. The van der Waals surface area contributed by atoms with Gasteiger partial charge in [0.05, 0.1) is 6.10 Å². The second-order valence-electron chi connectivity index (χ2n) is 10.4. The summed E-state index contributed by atoms with van der Waals surface area (Å²) in [7, 11) is 0. The average molecular weight is 406 g/mol.